The molecule has 0 aliphatic heterocycles. The molecule has 0 unspecified atom stereocenters. The van der Waals surface area contributed by atoms with Crippen molar-refractivity contribution in [3.05, 3.63) is 0 Å². The smallest absolute Gasteiger partial charge is 0.404 e. The molecule has 0 fully saturated rings. The SMILES string of the molecule is C[C@H](NC(=O)O)[C@@H](C)O. The first-order valence-electron chi connectivity index (χ1n) is 2.71. The van der Waals surface area contributed by atoms with Gasteiger partial charge in [0.05, 0.1) is 12.1 Å². The Balaban J connectivity index is 3.50. The van der Waals surface area contributed by atoms with Crippen LogP contribution < -0.4 is 5.32 Å². The molecule has 0 rings (SSSR count). The van der Waals surface area contributed by atoms with Gasteiger partial charge in [-0.1, -0.05) is 0 Å². The van der Waals surface area contributed by atoms with Crippen molar-refractivity contribution in [1.29, 1.82) is 0 Å². The molecule has 3 N–H and O–H groups in total. The Morgan fingerprint density at radius 2 is 2.00 bits per heavy atom. The minimum atomic E-state index is -1.11. The van der Waals surface area contributed by atoms with Crippen molar-refractivity contribution in [1.82, 2.24) is 5.32 Å². The molecule has 4 heteroatoms. The second-order valence-corrected chi connectivity index (χ2v) is 1.98. The molecule has 0 bridgehead atoms. The topological polar surface area (TPSA) is 69.6 Å². The summed E-state index contributed by atoms with van der Waals surface area (Å²) in [7, 11) is 0. The molecule has 4 nitrogen and oxygen atoms in total. The van der Waals surface area contributed by atoms with E-state index < -0.39 is 18.2 Å². The van der Waals surface area contributed by atoms with Gasteiger partial charge in [-0.25, -0.2) is 4.79 Å². The van der Waals surface area contributed by atoms with E-state index in [1.165, 1.54) is 6.92 Å². The monoisotopic (exact) mass is 133 g/mol. The maximum Gasteiger partial charge on any atom is 0.404 e. The Morgan fingerprint density at radius 1 is 1.56 bits per heavy atom. The number of hydrogen-bond acceptors (Lipinski definition) is 2. The number of carboxylic acid groups (broad SMARTS) is 1. The van der Waals surface area contributed by atoms with E-state index in [9.17, 15) is 4.79 Å². The fraction of sp³-hybridized carbons (Fsp3) is 0.800. The van der Waals surface area contributed by atoms with Crippen LogP contribution in [0.3, 0.4) is 0 Å². The molecule has 54 valence electrons. The lowest BCUT2D eigenvalue weighted by molar-refractivity contribution is 0.140. The first kappa shape index (κ1) is 8.23. The number of aliphatic hydroxyl groups is 1. The highest BCUT2D eigenvalue weighted by atomic mass is 16.4. The van der Waals surface area contributed by atoms with Crippen molar-refractivity contribution in [3.63, 3.8) is 0 Å². The largest absolute Gasteiger partial charge is 0.465 e. The summed E-state index contributed by atoms with van der Waals surface area (Å²) in [6.07, 6.45) is -1.75. The van der Waals surface area contributed by atoms with E-state index in [0.29, 0.717) is 0 Å². The maximum absolute atomic E-state index is 9.89. The van der Waals surface area contributed by atoms with Crippen LogP contribution in [0.4, 0.5) is 4.79 Å². The predicted octanol–water partition coefficient (Wildman–Crippen LogP) is 0.0233. The van der Waals surface area contributed by atoms with Gasteiger partial charge in [0.2, 0.25) is 0 Å². The van der Waals surface area contributed by atoms with Crippen molar-refractivity contribution >= 4 is 6.09 Å². The molecular weight excluding hydrogens is 122 g/mol. The molecule has 0 aliphatic carbocycles. The third-order valence-electron chi connectivity index (χ3n) is 1.07. The highest BCUT2D eigenvalue weighted by molar-refractivity contribution is 5.64. The molecule has 0 spiro atoms. The Labute approximate surface area is 53.5 Å². The number of aliphatic hydroxyl groups excluding tert-OH is 1. The molecule has 0 radical (unpaired) electrons. The maximum atomic E-state index is 9.89. The molecule has 0 aromatic heterocycles. The standard InChI is InChI=1S/C5H11NO3/c1-3(4(2)7)6-5(8)9/h3-4,6-7H,1-2H3,(H,8,9)/t3-,4+/m0/s1. The van der Waals surface area contributed by atoms with Crippen molar-refractivity contribution in [3.8, 4) is 0 Å². The average molecular weight is 133 g/mol. The zero-order valence-corrected chi connectivity index (χ0v) is 5.46. The van der Waals surface area contributed by atoms with Crippen LogP contribution in [0.5, 0.6) is 0 Å². The molecule has 0 aromatic rings. The highest BCUT2D eigenvalue weighted by Crippen LogP contribution is 1.88. The summed E-state index contributed by atoms with van der Waals surface area (Å²) in [6.45, 7) is 3.12. The fourth-order valence-corrected chi connectivity index (χ4v) is 0.315. The lowest BCUT2D eigenvalue weighted by Gasteiger charge is -2.13. The van der Waals surface area contributed by atoms with Crippen molar-refractivity contribution in [2.45, 2.75) is 26.0 Å². The second kappa shape index (κ2) is 3.29. The summed E-state index contributed by atoms with van der Waals surface area (Å²) in [5.74, 6) is 0. The van der Waals surface area contributed by atoms with Crippen LogP contribution in [0.25, 0.3) is 0 Å². The normalized spacial score (nSPS) is 16.3. The first-order valence-corrected chi connectivity index (χ1v) is 2.71. The molecule has 9 heavy (non-hydrogen) atoms. The molecule has 2 atom stereocenters. The van der Waals surface area contributed by atoms with Gasteiger partial charge in [-0.2, -0.15) is 0 Å². The quantitative estimate of drug-likeness (QED) is 0.497. The van der Waals surface area contributed by atoms with Gasteiger partial charge >= 0.3 is 6.09 Å². The van der Waals surface area contributed by atoms with Gasteiger partial charge in [0.1, 0.15) is 0 Å². The van der Waals surface area contributed by atoms with E-state index in [1.807, 2.05) is 0 Å². The number of rotatable bonds is 2. The Bertz CT molecular complexity index is 102. The molecular formula is C5H11NO3. The summed E-state index contributed by atoms with van der Waals surface area (Å²) >= 11 is 0. The lowest BCUT2D eigenvalue weighted by atomic mass is 10.2. The van der Waals surface area contributed by atoms with Gasteiger partial charge in [0, 0.05) is 0 Å². The Kier molecular flexibility index (Phi) is 3.01. The number of carbonyl (C=O) groups is 1. The minimum absolute atomic E-state index is 0.400. The van der Waals surface area contributed by atoms with E-state index in [1.54, 1.807) is 6.92 Å². The van der Waals surface area contributed by atoms with Gasteiger partial charge in [-0.05, 0) is 13.8 Å². The summed E-state index contributed by atoms with van der Waals surface area (Å²) in [5.41, 5.74) is 0. The van der Waals surface area contributed by atoms with Crippen molar-refractivity contribution in [2.24, 2.45) is 0 Å². The second-order valence-electron chi connectivity index (χ2n) is 1.98. The van der Waals surface area contributed by atoms with Gasteiger partial charge in [0.25, 0.3) is 0 Å². The summed E-state index contributed by atoms with van der Waals surface area (Å²) in [4.78, 5) is 9.89. The van der Waals surface area contributed by atoms with Crippen molar-refractivity contribution < 1.29 is 15.0 Å². The van der Waals surface area contributed by atoms with Crippen LogP contribution >= 0.6 is 0 Å². The zero-order valence-electron chi connectivity index (χ0n) is 5.46. The van der Waals surface area contributed by atoms with E-state index in [2.05, 4.69) is 5.32 Å². The zero-order chi connectivity index (χ0) is 7.44. The molecule has 0 saturated carbocycles. The number of nitrogens with one attached hydrogen (secondary N) is 1. The molecule has 0 saturated heterocycles. The first-order chi connectivity index (χ1) is 4.04. The fourth-order valence-electron chi connectivity index (χ4n) is 0.315. The van der Waals surface area contributed by atoms with E-state index >= 15 is 0 Å². The number of amides is 1. The Hall–Kier alpha value is -0.770. The van der Waals surface area contributed by atoms with Crippen LogP contribution in [0, 0.1) is 0 Å². The summed E-state index contributed by atoms with van der Waals surface area (Å²) in [6, 6.07) is -0.400. The van der Waals surface area contributed by atoms with Crippen LogP contribution in [0.15, 0.2) is 0 Å². The third-order valence-corrected chi connectivity index (χ3v) is 1.07. The van der Waals surface area contributed by atoms with Crippen LogP contribution in [-0.4, -0.2) is 28.5 Å². The van der Waals surface area contributed by atoms with Crippen LogP contribution in [-0.2, 0) is 0 Å². The molecule has 0 aliphatic rings. The van der Waals surface area contributed by atoms with Crippen LogP contribution in [0.2, 0.25) is 0 Å². The minimum Gasteiger partial charge on any atom is -0.465 e. The predicted molar refractivity (Wildman–Crippen MR) is 32.3 cm³/mol. The highest BCUT2D eigenvalue weighted by Gasteiger charge is 2.09. The molecule has 1 amide bonds. The summed E-state index contributed by atoms with van der Waals surface area (Å²) in [5, 5.41) is 19.0. The Morgan fingerprint density at radius 3 is 2.11 bits per heavy atom. The molecule has 0 aromatic carbocycles. The van der Waals surface area contributed by atoms with Crippen molar-refractivity contribution in [2.75, 3.05) is 0 Å². The van der Waals surface area contributed by atoms with Crippen LogP contribution in [0.1, 0.15) is 13.8 Å². The van der Waals surface area contributed by atoms with Gasteiger partial charge in [-0.3, -0.25) is 0 Å². The van der Waals surface area contributed by atoms with Gasteiger partial charge in [-0.15, -0.1) is 0 Å². The lowest BCUT2D eigenvalue weighted by Crippen LogP contribution is -2.38. The van der Waals surface area contributed by atoms with Gasteiger partial charge < -0.3 is 15.5 Å². The summed E-state index contributed by atoms with van der Waals surface area (Å²) < 4.78 is 0. The van der Waals surface area contributed by atoms with E-state index in [4.69, 9.17) is 10.2 Å². The third kappa shape index (κ3) is 3.78. The van der Waals surface area contributed by atoms with E-state index in [0.717, 1.165) is 0 Å². The van der Waals surface area contributed by atoms with E-state index in [-0.39, 0.29) is 0 Å². The molecule has 0 heterocycles. The van der Waals surface area contributed by atoms with Gasteiger partial charge in [0.15, 0.2) is 0 Å². The average Bonchev–Trinajstić information content (AvgIpc) is 1.63. The number of hydrogen-bond donors (Lipinski definition) is 3.